The van der Waals surface area contributed by atoms with E-state index in [1.807, 2.05) is 102 Å². The van der Waals surface area contributed by atoms with Crippen LogP contribution < -0.4 is 9.80 Å². The van der Waals surface area contributed by atoms with Gasteiger partial charge in [0.15, 0.2) is 11.4 Å². The van der Waals surface area contributed by atoms with Crippen molar-refractivity contribution in [3.63, 3.8) is 0 Å². The van der Waals surface area contributed by atoms with Crippen molar-refractivity contribution >= 4 is 23.3 Å². The van der Waals surface area contributed by atoms with Crippen LogP contribution in [0.1, 0.15) is 33.9 Å². The van der Waals surface area contributed by atoms with Crippen LogP contribution in [0.15, 0.2) is 115 Å². The second-order valence-electron chi connectivity index (χ2n) is 9.53. The molecule has 2 heterocycles. The van der Waals surface area contributed by atoms with E-state index in [1.54, 1.807) is 0 Å². The van der Waals surface area contributed by atoms with Crippen LogP contribution in [-0.2, 0) is 20.9 Å². The highest BCUT2D eigenvalue weighted by Crippen LogP contribution is 2.47. The Morgan fingerprint density at radius 1 is 0.703 bits per heavy atom. The number of nitrogens with zero attached hydrogens (tertiary/aromatic N) is 2. The number of carbonyl (C=O) groups excluding carboxylic acids is 2. The quantitative estimate of drug-likeness (QED) is 0.253. The molecular weight excluding hydrogens is 460 g/mol. The summed E-state index contributed by atoms with van der Waals surface area (Å²) >= 11 is 0. The Balaban J connectivity index is 1.69. The average Bonchev–Trinajstić information content (AvgIpc) is 3.13. The topological polar surface area (TPSA) is 49.9 Å². The number of hydrogen-bond acceptors (Lipinski definition) is 5. The molecule has 0 spiro atoms. The number of rotatable bonds is 4. The minimum atomic E-state index is -0.635. The summed E-state index contributed by atoms with van der Waals surface area (Å²) in [5.74, 6) is -1.27. The summed E-state index contributed by atoms with van der Waals surface area (Å²) < 4.78 is 5.29. The largest absolute Gasteiger partial charge is 0.383 e. The highest BCUT2D eigenvalue weighted by Gasteiger charge is 2.46. The van der Waals surface area contributed by atoms with E-state index in [2.05, 4.69) is 25.1 Å². The Morgan fingerprint density at radius 2 is 1.32 bits per heavy atom. The van der Waals surface area contributed by atoms with E-state index < -0.39 is 11.9 Å². The van der Waals surface area contributed by atoms with E-state index in [-0.39, 0.29) is 17.4 Å². The number of cyclic esters (lactones) is 2. The number of benzene rings is 4. The van der Waals surface area contributed by atoms with Crippen LogP contribution in [0.2, 0.25) is 0 Å². The van der Waals surface area contributed by atoms with Gasteiger partial charge in [0.2, 0.25) is 0 Å². The van der Waals surface area contributed by atoms with Gasteiger partial charge in [-0.25, -0.2) is 9.59 Å². The molecule has 5 nitrogen and oxygen atoms in total. The van der Waals surface area contributed by atoms with E-state index >= 15 is 0 Å². The van der Waals surface area contributed by atoms with Gasteiger partial charge in [-0.3, -0.25) is 0 Å². The molecular formula is C32H26N2O3. The zero-order valence-electron chi connectivity index (χ0n) is 20.7. The molecule has 4 aromatic rings. The highest BCUT2D eigenvalue weighted by atomic mass is 16.6. The maximum atomic E-state index is 13.4. The van der Waals surface area contributed by atoms with Crippen LogP contribution >= 0.6 is 0 Å². The molecule has 0 amide bonds. The highest BCUT2D eigenvalue weighted by molar-refractivity contribution is 6.16. The fraction of sp³-hybridized carbons (Fsp3) is 0.125. The van der Waals surface area contributed by atoms with E-state index in [4.69, 9.17) is 4.74 Å². The molecule has 6 rings (SSSR count). The summed E-state index contributed by atoms with van der Waals surface area (Å²) in [5.41, 5.74) is 7.45. The van der Waals surface area contributed by atoms with Crippen LogP contribution in [0.3, 0.4) is 0 Å². The third kappa shape index (κ3) is 3.99. The summed E-state index contributed by atoms with van der Waals surface area (Å²) in [6.07, 6.45) is 0. The molecule has 0 aliphatic carbocycles. The van der Waals surface area contributed by atoms with Gasteiger partial charge >= 0.3 is 11.9 Å². The minimum Gasteiger partial charge on any atom is -0.383 e. The Morgan fingerprint density at radius 3 is 2.03 bits per heavy atom. The Bertz CT molecular complexity index is 1530. The lowest BCUT2D eigenvalue weighted by molar-refractivity contribution is -0.151. The normalized spacial score (nSPS) is 16.9. The lowest BCUT2D eigenvalue weighted by atomic mass is 9.93. The first-order valence-corrected chi connectivity index (χ1v) is 12.3. The fourth-order valence-corrected chi connectivity index (χ4v) is 5.23. The van der Waals surface area contributed by atoms with Gasteiger partial charge in [0.05, 0.1) is 6.04 Å². The van der Waals surface area contributed by atoms with Crippen molar-refractivity contribution in [2.24, 2.45) is 0 Å². The Kier molecular flexibility index (Phi) is 5.61. The minimum absolute atomic E-state index is 0.257. The fourth-order valence-electron chi connectivity index (χ4n) is 5.23. The molecule has 0 radical (unpaired) electrons. The number of carbonyl (C=O) groups is 2. The van der Waals surface area contributed by atoms with Crippen LogP contribution in [0.5, 0.6) is 0 Å². The second kappa shape index (κ2) is 9.10. The zero-order valence-corrected chi connectivity index (χ0v) is 20.7. The smallest absolute Gasteiger partial charge is 0.365 e. The molecule has 1 unspecified atom stereocenters. The molecule has 0 saturated carbocycles. The van der Waals surface area contributed by atoms with Crippen molar-refractivity contribution in [1.82, 2.24) is 0 Å². The van der Waals surface area contributed by atoms with Gasteiger partial charge in [0.1, 0.15) is 0 Å². The van der Waals surface area contributed by atoms with Gasteiger partial charge < -0.3 is 14.5 Å². The average molecular weight is 487 g/mol. The van der Waals surface area contributed by atoms with Crippen molar-refractivity contribution in [1.29, 1.82) is 0 Å². The lowest BCUT2D eigenvalue weighted by Gasteiger charge is -2.34. The van der Waals surface area contributed by atoms with Crippen LogP contribution in [0.25, 0.3) is 0 Å². The van der Waals surface area contributed by atoms with E-state index in [0.717, 1.165) is 39.2 Å². The van der Waals surface area contributed by atoms with Crippen molar-refractivity contribution in [3.05, 3.63) is 142 Å². The second-order valence-corrected chi connectivity index (χ2v) is 9.53. The van der Waals surface area contributed by atoms with Gasteiger partial charge in [-0.05, 0) is 43.2 Å². The standard InChI is InChI=1S/C32H26N2O3/c1-21-13-16-25(17-14-21)34-28(24-11-7-4-8-12-24)26-19-22(2)15-18-27(26)33(20-23-9-5-3-6-10-23)29-30(34)32(36)37-31(29)35/h3-19,28H,20H2,1-2H3. The number of aryl methyl sites for hydroxylation is 2. The van der Waals surface area contributed by atoms with Crippen molar-refractivity contribution in [2.75, 3.05) is 9.80 Å². The van der Waals surface area contributed by atoms with Crippen molar-refractivity contribution in [3.8, 4) is 0 Å². The molecule has 4 aromatic carbocycles. The summed E-state index contributed by atoms with van der Waals surface area (Å²) in [4.78, 5) is 30.7. The predicted molar refractivity (Wildman–Crippen MR) is 144 cm³/mol. The van der Waals surface area contributed by atoms with Crippen LogP contribution in [0.4, 0.5) is 11.4 Å². The van der Waals surface area contributed by atoms with E-state index in [1.165, 1.54) is 0 Å². The first-order chi connectivity index (χ1) is 18.0. The monoisotopic (exact) mass is 486 g/mol. The molecule has 2 aliphatic rings. The molecule has 1 atom stereocenters. The summed E-state index contributed by atoms with van der Waals surface area (Å²) in [6, 6.07) is 34.0. The van der Waals surface area contributed by atoms with Gasteiger partial charge in [0, 0.05) is 23.5 Å². The SMILES string of the molecule is Cc1ccc(N2C3=C(C(=O)OC3=O)N(Cc3ccccc3)c3ccc(C)cc3C2c2ccccc2)cc1. The summed E-state index contributed by atoms with van der Waals surface area (Å²) in [5, 5.41) is 0. The van der Waals surface area contributed by atoms with Crippen LogP contribution in [-0.4, -0.2) is 11.9 Å². The molecule has 182 valence electrons. The first-order valence-electron chi connectivity index (χ1n) is 12.3. The van der Waals surface area contributed by atoms with Gasteiger partial charge in [-0.1, -0.05) is 96.1 Å². The molecule has 37 heavy (non-hydrogen) atoms. The first kappa shape index (κ1) is 22.8. The number of hydrogen-bond donors (Lipinski definition) is 0. The molecule has 0 aromatic heterocycles. The van der Waals surface area contributed by atoms with Gasteiger partial charge in [0.25, 0.3) is 0 Å². The number of ether oxygens (including phenoxy) is 1. The van der Waals surface area contributed by atoms with E-state index in [0.29, 0.717) is 6.54 Å². The molecule has 0 fully saturated rings. The molecule has 0 saturated heterocycles. The third-order valence-electron chi connectivity index (χ3n) is 6.94. The third-order valence-corrected chi connectivity index (χ3v) is 6.94. The number of fused-ring (bicyclic) bond motifs is 1. The maximum absolute atomic E-state index is 13.4. The van der Waals surface area contributed by atoms with Crippen LogP contribution in [0, 0.1) is 13.8 Å². The summed E-state index contributed by atoms with van der Waals surface area (Å²) in [7, 11) is 0. The van der Waals surface area contributed by atoms with Crippen molar-refractivity contribution in [2.45, 2.75) is 26.4 Å². The molecule has 5 heteroatoms. The molecule has 2 aliphatic heterocycles. The van der Waals surface area contributed by atoms with Gasteiger partial charge in [-0.15, -0.1) is 0 Å². The molecule has 0 bridgehead atoms. The Hall–Kier alpha value is -4.64. The predicted octanol–water partition coefficient (Wildman–Crippen LogP) is 6.21. The van der Waals surface area contributed by atoms with E-state index in [9.17, 15) is 9.59 Å². The van der Waals surface area contributed by atoms with Gasteiger partial charge in [-0.2, -0.15) is 0 Å². The Labute approximate surface area is 216 Å². The zero-order chi connectivity index (χ0) is 25.5. The maximum Gasteiger partial charge on any atom is 0.365 e. The summed E-state index contributed by atoms with van der Waals surface area (Å²) in [6.45, 7) is 4.51. The van der Waals surface area contributed by atoms with Crippen molar-refractivity contribution < 1.29 is 14.3 Å². The number of anilines is 2. The molecule has 0 N–H and O–H groups in total. The lowest BCUT2D eigenvalue weighted by Crippen LogP contribution is -2.31. The number of esters is 2.